The third-order valence-electron chi connectivity index (χ3n) is 3.43. The normalized spacial score (nSPS) is 14.0. The average Bonchev–Trinajstić information content (AvgIpc) is 3.11. The molecule has 2 rings (SSSR count). The number of benzene rings is 1. The Hall–Kier alpha value is -2.67. The number of nitrogens with two attached hydrogens (primary N) is 1. The molecule has 1 aromatic carbocycles. The van der Waals surface area contributed by atoms with Crippen LogP contribution in [0.2, 0.25) is 0 Å². The van der Waals surface area contributed by atoms with E-state index >= 15 is 0 Å². The molecule has 7 nitrogen and oxygen atoms in total. The van der Waals surface area contributed by atoms with Gasteiger partial charge in [0.2, 0.25) is 0 Å². The molecule has 0 aliphatic rings. The predicted octanol–water partition coefficient (Wildman–Crippen LogP) is 2.71. The lowest BCUT2D eigenvalue weighted by Crippen LogP contribution is -2.29. The van der Waals surface area contributed by atoms with E-state index in [0.717, 1.165) is 0 Å². The first-order valence-corrected chi connectivity index (χ1v) is 8.19. The maximum absolute atomic E-state index is 10.4. The molecule has 1 atom stereocenters. The summed E-state index contributed by atoms with van der Waals surface area (Å²) in [6.07, 6.45) is 1.50. The lowest BCUT2D eigenvalue weighted by molar-refractivity contribution is 0.0438. The molecule has 0 saturated heterocycles. The number of nitrogens with one attached hydrogen (secondary N) is 1. The number of rotatable bonds is 8. The van der Waals surface area contributed by atoms with Crippen LogP contribution >= 0.6 is 0 Å². The van der Waals surface area contributed by atoms with Crippen LogP contribution in [-0.2, 0) is 5.60 Å². The van der Waals surface area contributed by atoms with Gasteiger partial charge in [-0.2, -0.15) is 0 Å². The number of furan rings is 1. The first-order chi connectivity index (χ1) is 12.0. The number of aliphatic hydroxyl groups is 1. The second-order valence-corrected chi connectivity index (χ2v) is 5.60. The summed E-state index contributed by atoms with van der Waals surface area (Å²) >= 11 is 0. The van der Waals surface area contributed by atoms with Crippen LogP contribution in [0.15, 0.2) is 46.0 Å². The SMILES string of the molecule is CCOc1ccc(OCC)c(NC(N)=NCC(C)(O)c2ccco2)c1. The molecule has 1 unspecified atom stereocenters. The molecular formula is C18H25N3O4. The molecule has 0 radical (unpaired) electrons. The fraction of sp³-hybridized carbons (Fsp3) is 0.389. The van der Waals surface area contributed by atoms with Gasteiger partial charge in [0.1, 0.15) is 22.9 Å². The lowest BCUT2D eigenvalue weighted by atomic mass is 10.0. The van der Waals surface area contributed by atoms with Crippen molar-refractivity contribution in [1.82, 2.24) is 0 Å². The molecule has 1 aromatic heterocycles. The molecule has 0 fully saturated rings. The van der Waals surface area contributed by atoms with Gasteiger partial charge in [-0.1, -0.05) is 0 Å². The zero-order chi connectivity index (χ0) is 18.3. The number of guanidine groups is 1. The third-order valence-corrected chi connectivity index (χ3v) is 3.43. The van der Waals surface area contributed by atoms with E-state index in [1.807, 2.05) is 26.0 Å². The van der Waals surface area contributed by atoms with E-state index < -0.39 is 5.60 Å². The summed E-state index contributed by atoms with van der Waals surface area (Å²) in [4.78, 5) is 4.20. The molecule has 1 heterocycles. The van der Waals surface area contributed by atoms with E-state index in [0.29, 0.717) is 36.2 Å². The van der Waals surface area contributed by atoms with Gasteiger partial charge < -0.3 is 30.0 Å². The predicted molar refractivity (Wildman–Crippen MR) is 97.2 cm³/mol. The third kappa shape index (κ3) is 5.15. The van der Waals surface area contributed by atoms with Gasteiger partial charge in [-0.05, 0) is 45.0 Å². The second kappa shape index (κ2) is 8.43. The van der Waals surface area contributed by atoms with Crippen LogP contribution < -0.4 is 20.5 Å². The number of ether oxygens (including phenoxy) is 2. The van der Waals surface area contributed by atoms with Gasteiger partial charge in [-0.15, -0.1) is 0 Å². The van der Waals surface area contributed by atoms with Crippen molar-refractivity contribution in [3.63, 3.8) is 0 Å². The highest BCUT2D eigenvalue weighted by Gasteiger charge is 2.25. The Kier molecular flexibility index (Phi) is 6.30. The molecule has 0 amide bonds. The van der Waals surface area contributed by atoms with Gasteiger partial charge in [0.25, 0.3) is 0 Å². The fourth-order valence-electron chi connectivity index (χ4n) is 2.22. The Labute approximate surface area is 147 Å². The van der Waals surface area contributed by atoms with Gasteiger partial charge >= 0.3 is 0 Å². The Bertz CT molecular complexity index is 696. The Morgan fingerprint density at radius 1 is 1.28 bits per heavy atom. The minimum atomic E-state index is -1.24. The Balaban J connectivity index is 2.12. The molecule has 0 aliphatic carbocycles. The lowest BCUT2D eigenvalue weighted by Gasteiger charge is -2.19. The average molecular weight is 347 g/mol. The standard InChI is InChI=1S/C18H25N3O4/c1-4-23-13-8-9-15(24-5-2)14(11-13)21-17(19)20-12-18(3,22)16-7-6-10-25-16/h6-11,22H,4-5,12H2,1-3H3,(H3,19,20,21). The Morgan fingerprint density at radius 3 is 2.68 bits per heavy atom. The van der Waals surface area contributed by atoms with Gasteiger partial charge in [0.05, 0.1) is 31.7 Å². The molecule has 0 aliphatic heterocycles. The van der Waals surface area contributed by atoms with E-state index in [2.05, 4.69) is 10.3 Å². The maximum atomic E-state index is 10.4. The van der Waals surface area contributed by atoms with Crippen molar-refractivity contribution in [1.29, 1.82) is 0 Å². The van der Waals surface area contributed by atoms with Crippen LogP contribution in [0, 0.1) is 0 Å². The molecular weight excluding hydrogens is 322 g/mol. The smallest absolute Gasteiger partial charge is 0.193 e. The van der Waals surface area contributed by atoms with Crippen molar-refractivity contribution in [2.45, 2.75) is 26.4 Å². The Morgan fingerprint density at radius 2 is 2.04 bits per heavy atom. The molecule has 25 heavy (non-hydrogen) atoms. The highest BCUT2D eigenvalue weighted by Crippen LogP contribution is 2.29. The molecule has 136 valence electrons. The van der Waals surface area contributed by atoms with Crippen LogP contribution in [0.1, 0.15) is 26.5 Å². The van der Waals surface area contributed by atoms with E-state index in [-0.39, 0.29) is 12.5 Å². The topological polar surface area (TPSA) is 102 Å². The summed E-state index contributed by atoms with van der Waals surface area (Å²) in [5, 5.41) is 13.4. The van der Waals surface area contributed by atoms with E-state index in [1.165, 1.54) is 6.26 Å². The maximum Gasteiger partial charge on any atom is 0.193 e. The minimum absolute atomic E-state index is 0.0501. The van der Waals surface area contributed by atoms with Crippen LogP contribution in [0.3, 0.4) is 0 Å². The zero-order valence-electron chi connectivity index (χ0n) is 14.8. The van der Waals surface area contributed by atoms with Crippen LogP contribution in [0.4, 0.5) is 5.69 Å². The van der Waals surface area contributed by atoms with Gasteiger partial charge in [0.15, 0.2) is 5.96 Å². The molecule has 7 heteroatoms. The highest BCUT2D eigenvalue weighted by molar-refractivity contribution is 5.94. The van der Waals surface area contributed by atoms with Crippen molar-refractivity contribution in [2.75, 3.05) is 25.1 Å². The van der Waals surface area contributed by atoms with Gasteiger partial charge in [-0.25, -0.2) is 4.99 Å². The minimum Gasteiger partial charge on any atom is -0.494 e. The van der Waals surface area contributed by atoms with Gasteiger partial charge in [-0.3, -0.25) is 0 Å². The quantitative estimate of drug-likeness (QED) is 0.501. The number of nitrogens with zero attached hydrogens (tertiary/aromatic N) is 1. The van der Waals surface area contributed by atoms with Crippen LogP contribution in [-0.4, -0.2) is 30.8 Å². The van der Waals surface area contributed by atoms with Crippen molar-refractivity contribution in [2.24, 2.45) is 10.7 Å². The van der Waals surface area contributed by atoms with Crippen molar-refractivity contribution < 1.29 is 19.0 Å². The molecule has 2 aromatic rings. The molecule has 0 bridgehead atoms. The summed E-state index contributed by atoms with van der Waals surface area (Å²) in [7, 11) is 0. The summed E-state index contributed by atoms with van der Waals surface area (Å²) in [5.41, 5.74) is 5.36. The summed E-state index contributed by atoms with van der Waals surface area (Å²) in [6.45, 7) is 6.56. The zero-order valence-corrected chi connectivity index (χ0v) is 14.8. The largest absolute Gasteiger partial charge is 0.494 e. The monoisotopic (exact) mass is 347 g/mol. The number of anilines is 1. The summed E-state index contributed by atoms with van der Waals surface area (Å²) in [5.74, 6) is 1.92. The van der Waals surface area contributed by atoms with Crippen molar-refractivity contribution in [3.8, 4) is 11.5 Å². The number of aliphatic imine (C=N–C) groups is 1. The van der Waals surface area contributed by atoms with Gasteiger partial charge in [0, 0.05) is 6.07 Å². The van der Waals surface area contributed by atoms with Crippen molar-refractivity contribution >= 4 is 11.6 Å². The van der Waals surface area contributed by atoms with E-state index in [1.54, 1.807) is 25.1 Å². The van der Waals surface area contributed by atoms with Crippen molar-refractivity contribution in [3.05, 3.63) is 42.4 Å². The van der Waals surface area contributed by atoms with Crippen LogP contribution in [0.25, 0.3) is 0 Å². The summed E-state index contributed by atoms with van der Waals surface area (Å²) in [6, 6.07) is 8.83. The first kappa shape index (κ1) is 18.7. The first-order valence-electron chi connectivity index (χ1n) is 8.19. The van der Waals surface area contributed by atoms with E-state index in [4.69, 9.17) is 19.6 Å². The number of hydrogen-bond donors (Lipinski definition) is 3. The molecule has 0 spiro atoms. The molecule has 0 saturated carbocycles. The molecule has 4 N–H and O–H groups in total. The van der Waals surface area contributed by atoms with Crippen LogP contribution in [0.5, 0.6) is 11.5 Å². The highest BCUT2D eigenvalue weighted by atomic mass is 16.5. The van der Waals surface area contributed by atoms with E-state index in [9.17, 15) is 5.11 Å². The fourth-order valence-corrected chi connectivity index (χ4v) is 2.22. The number of hydrogen-bond acceptors (Lipinski definition) is 5. The summed E-state index contributed by atoms with van der Waals surface area (Å²) < 4.78 is 16.3. The second-order valence-electron chi connectivity index (χ2n) is 5.60.